The van der Waals surface area contributed by atoms with Gasteiger partial charge in [-0.1, -0.05) is 12.1 Å². The number of aromatic hydroxyl groups is 1. The van der Waals surface area contributed by atoms with E-state index >= 15 is 0 Å². The maximum atomic E-state index is 11.4. The molecular formula is C9H11NO4S. The highest BCUT2D eigenvalue weighted by Crippen LogP contribution is 2.26. The highest BCUT2D eigenvalue weighted by molar-refractivity contribution is 7.85. The van der Waals surface area contributed by atoms with Gasteiger partial charge in [0.1, 0.15) is 0 Å². The van der Waals surface area contributed by atoms with Crippen LogP contribution in [-0.2, 0) is 10.3 Å². The zero-order chi connectivity index (χ0) is 10.9. The molecule has 0 atom stereocenters. The molecule has 0 amide bonds. The molecule has 1 aliphatic carbocycles. The first-order chi connectivity index (χ1) is 7.07. The summed E-state index contributed by atoms with van der Waals surface area (Å²) < 4.78 is 29.8. The smallest absolute Gasteiger partial charge is 0.382 e. The first kappa shape index (κ1) is 10.3. The first-order valence-corrected chi connectivity index (χ1v) is 5.97. The van der Waals surface area contributed by atoms with Gasteiger partial charge in [0.25, 0.3) is 0 Å². The molecule has 15 heavy (non-hydrogen) atoms. The average molecular weight is 229 g/mol. The zero-order valence-electron chi connectivity index (χ0n) is 7.88. The van der Waals surface area contributed by atoms with E-state index in [-0.39, 0.29) is 17.5 Å². The zero-order valence-corrected chi connectivity index (χ0v) is 8.70. The van der Waals surface area contributed by atoms with Crippen LogP contribution in [0.15, 0.2) is 24.3 Å². The Kier molecular flexibility index (Phi) is 2.54. The fourth-order valence-electron chi connectivity index (χ4n) is 1.08. The lowest BCUT2D eigenvalue weighted by Gasteiger charge is -2.07. The van der Waals surface area contributed by atoms with Crippen molar-refractivity contribution in [1.82, 2.24) is 4.72 Å². The molecule has 1 aromatic rings. The Morgan fingerprint density at radius 3 is 2.60 bits per heavy atom. The molecule has 2 rings (SSSR count). The lowest BCUT2D eigenvalue weighted by atomic mass is 10.3. The van der Waals surface area contributed by atoms with Gasteiger partial charge in [-0.3, -0.25) is 0 Å². The van der Waals surface area contributed by atoms with Gasteiger partial charge in [-0.05, 0) is 25.0 Å². The molecule has 0 radical (unpaired) electrons. The molecule has 0 saturated heterocycles. The van der Waals surface area contributed by atoms with Crippen molar-refractivity contribution in [2.75, 3.05) is 0 Å². The second-order valence-electron chi connectivity index (χ2n) is 3.40. The molecule has 1 fully saturated rings. The summed E-state index contributed by atoms with van der Waals surface area (Å²) in [6.45, 7) is 0. The number of nitrogens with one attached hydrogen (secondary N) is 1. The number of benzene rings is 1. The average Bonchev–Trinajstić information content (AvgIpc) is 2.91. The van der Waals surface area contributed by atoms with E-state index in [0.29, 0.717) is 0 Å². The van der Waals surface area contributed by atoms with E-state index in [9.17, 15) is 13.5 Å². The third-order valence-corrected chi connectivity index (χ3v) is 2.97. The molecule has 2 N–H and O–H groups in total. The summed E-state index contributed by atoms with van der Waals surface area (Å²) in [5.41, 5.74) is 0. The van der Waals surface area contributed by atoms with Crippen LogP contribution in [0.1, 0.15) is 12.8 Å². The van der Waals surface area contributed by atoms with E-state index in [2.05, 4.69) is 4.72 Å². The normalized spacial score (nSPS) is 16.3. The Hall–Kier alpha value is -1.27. The molecule has 0 unspecified atom stereocenters. The van der Waals surface area contributed by atoms with Gasteiger partial charge in [0, 0.05) is 6.04 Å². The molecule has 0 bridgehead atoms. The van der Waals surface area contributed by atoms with Gasteiger partial charge in [-0.2, -0.15) is 13.1 Å². The van der Waals surface area contributed by atoms with Gasteiger partial charge in [0.2, 0.25) is 0 Å². The predicted octanol–water partition coefficient (Wildman–Crippen LogP) is 0.768. The first-order valence-electron chi connectivity index (χ1n) is 4.56. The SMILES string of the molecule is O=S(=O)(NC1CC1)Oc1ccccc1O. The quantitative estimate of drug-likeness (QED) is 0.799. The van der Waals surface area contributed by atoms with E-state index in [0.717, 1.165) is 12.8 Å². The Balaban J connectivity index is 2.10. The van der Waals surface area contributed by atoms with E-state index in [1.54, 1.807) is 12.1 Å². The third-order valence-electron chi connectivity index (χ3n) is 1.95. The standard InChI is InChI=1S/C9H11NO4S/c11-8-3-1-2-4-9(8)14-15(12,13)10-7-5-6-7/h1-4,7,10-11H,5-6H2. The summed E-state index contributed by atoms with van der Waals surface area (Å²) in [6.07, 6.45) is 1.67. The minimum absolute atomic E-state index is 0.0131. The molecule has 0 spiro atoms. The Labute approximate surface area is 87.9 Å². The Morgan fingerprint density at radius 1 is 1.33 bits per heavy atom. The molecule has 6 heteroatoms. The lowest BCUT2D eigenvalue weighted by molar-refractivity contribution is 0.422. The molecule has 82 valence electrons. The second kappa shape index (κ2) is 3.71. The third kappa shape index (κ3) is 2.84. The molecule has 0 aromatic heterocycles. The van der Waals surface area contributed by atoms with Crippen LogP contribution >= 0.6 is 0 Å². The van der Waals surface area contributed by atoms with Crippen molar-refractivity contribution >= 4 is 10.3 Å². The van der Waals surface area contributed by atoms with Crippen LogP contribution in [0.4, 0.5) is 0 Å². The number of para-hydroxylation sites is 2. The summed E-state index contributed by atoms with van der Waals surface area (Å²) in [6, 6.07) is 5.91. The van der Waals surface area contributed by atoms with Crippen LogP contribution in [0.2, 0.25) is 0 Å². The van der Waals surface area contributed by atoms with E-state index in [4.69, 9.17) is 4.18 Å². The maximum absolute atomic E-state index is 11.4. The van der Waals surface area contributed by atoms with Gasteiger partial charge in [-0.15, -0.1) is 0 Å². The molecule has 1 aliphatic rings. The summed E-state index contributed by atoms with van der Waals surface area (Å²) in [5.74, 6) is -0.260. The number of hydrogen-bond acceptors (Lipinski definition) is 4. The highest BCUT2D eigenvalue weighted by Gasteiger charge is 2.28. The molecule has 1 saturated carbocycles. The lowest BCUT2D eigenvalue weighted by Crippen LogP contribution is -2.30. The Morgan fingerprint density at radius 2 is 2.00 bits per heavy atom. The van der Waals surface area contributed by atoms with Crippen LogP contribution in [0.5, 0.6) is 11.5 Å². The fourth-order valence-corrected chi connectivity index (χ4v) is 2.14. The molecular weight excluding hydrogens is 218 g/mol. The van der Waals surface area contributed by atoms with Gasteiger partial charge in [-0.25, -0.2) is 0 Å². The molecule has 0 aliphatic heterocycles. The van der Waals surface area contributed by atoms with E-state index in [1.807, 2.05) is 0 Å². The van der Waals surface area contributed by atoms with E-state index in [1.165, 1.54) is 12.1 Å². The predicted molar refractivity (Wildman–Crippen MR) is 53.8 cm³/mol. The minimum Gasteiger partial charge on any atom is -0.504 e. The van der Waals surface area contributed by atoms with Gasteiger partial charge in [0.05, 0.1) is 0 Å². The van der Waals surface area contributed by atoms with Crippen LogP contribution in [-0.4, -0.2) is 19.6 Å². The van der Waals surface area contributed by atoms with Crippen LogP contribution in [0.25, 0.3) is 0 Å². The highest BCUT2D eigenvalue weighted by atomic mass is 32.2. The van der Waals surface area contributed by atoms with Crippen molar-refractivity contribution in [3.63, 3.8) is 0 Å². The minimum atomic E-state index is -3.80. The molecule has 0 heterocycles. The fraction of sp³-hybridized carbons (Fsp3) is 0.333. The second-order valence-corrected chi connectivity index (χ2v) is 4.71. The topological polar surface area (TPSA) is 75.6 Å². The maximum Gasteiger partial charge on any atom is 0.382 e. The van der Waals surface area contributed by atoms with Crippen LogP contribution in [0.3, 0.4) is 0 Å². The Bertz CT molecular complexity index is 453. The van der Waals surface area contributed by atoms with Gasteiger partial charge < -0.3 is 9.29 Å². The van der Waals surface area contributed by atoms with Gasteiger partial charge in [0.15, 0.2) is 11.5 Å². The molecule has 5 nitrogen and oxygen atoms in total. The summed E-state index contributed by atoms with van der Waals surface area (Å²) in [5, 5.41) is 9.31. The summed E-state index contributed by atoms with van der Waals surface area (Å²) in [4.78, 5) is 0. The largest absolute Gasteiger partial charge is 0.504 e. The van der Waals surface area contributed by atoms with Crippen molar-refractivity contribution < 1.29 is 17.7 Å². The van der Waals surface area contributed by atoms with Crippen molar-refractivity contribution in [1.29, 1.82) is 0 Å². The molecule has 1 aromatic carbocycles. The van der Waals surface area contributed by atoms with Crippen molar-refractivity contribution in [3.05, 3.63) is 24.3 Å². The summed E-state index contributed by atoms with van der Waals surface area (Å²) in [7, 11) is -3.80. The number of hydrogen-bond donors (Lipinski definition) is 2. The van der Waals surface area contributed by atoms with E-state index < -0.39 is 10.3 Å². The number of phenols is 1. The van der Waals surface area contributed by atoms with Crippen LogP contribution < -0.4 is 8.91 Å². The summed E-state index contributed by atoms with van der Waals surface area (Å²) >= 11 is 0. The number of phenolic OH excluding ortho intramolecular Hbond substituents is 1. The van der Waals surface area contributed by atoms with Crippen molar-refractivity contribution in [3.8, 4) is 11.5 Å². The van der Waals surface area contributed by atoms with Crippen LogP contribution in [0, 0.1) is 0 Å². The van der Waals surface area contributed by atoms with Crippen molar-refractivity contribution in [2.45, 2.75) is 18.9 Å². The number of rotatable bonds is 4. The van der Waals surface area contributed by atoms with Crippen molar-refractivity contribution in [2.24, 2.45) is 0 Å². The van der Waals surface area contributed by atoms with Gasteiger partial charge >= 0.3 is 10.3 Å². The monoisotopic (exact) mass is 229 g/mol.